The molecule has 1 aliphatic rings. The number of carbonyl (C=O) groups excluding carboxylic acids is 1. The number of anilines is 1. The van der Waals surface area contributed by atoms with Crippen LogP contribution in [0.3, 0.4) is 0 Å². The monoisotopic (exact) mass is 432 g/mol. The molecule has 0 atom stereocenters. The third-order valence-electron chi connectivity index (χ3n) is 4.84. The molecule has 0 radical (unpaired) electrons. The lowest BCUT2D eigenvalue weighted by Gasteiger charge is -2.30. The Morgan fingerprint density at radius 3 is 2.68 bits per heavy atom. The molecule has 0 bridgehead atoms. The predicted molar refractivity (Wildman–Crippen MR) is 114 cm³/mol. The molecule has 0 saturated carbocycles. The number of aromatic nitrogens is 1. The summed E-state index contributed by atoms with van der Waals surface area (Å²) in [5.74, 6) is -0.0734. The van der Waals surface area contributed by atoms with Gasteiger partial charge in [-0.3, -0.25) is 4.79 Å². The fourth-order valence-corrected chi connectivity index (χ4v) is 6.13. The van der Waals surface area contributed by atoms with Crippen molar-refractivity contribution >= 4 is 44.0 Å². The highest BCUT2D eigenvalue weighted by Crippen LogP contribution is 2.37. The maximum Gasteiger partial charge on any atom is 0.177 e. The lowest BCUT2D eigenvalue weighted by Crippen LogP contribution is -2.30. The second-order valence-corrected chi connectivity index (χ2v) is 11.2. The number of ketones is 1. The van der Waals surface area contributed by atoms with Crippen molar-refractivity contribution < 1.29 is 13.2 Å². The number of sulfone groups is 1. The number of benzene rings is 1. The van der Waals surface area contributed by atoms with Crippen LogP contribution in [-0.4, -0.2) is 32.0 Å². The minimum Gasteiger partial charge on any atom is -0.366 e. The Bertz CT molecular complexity index is 1180. The van der Waals surface area contributed by atoms with Crippen LogP contribution in [0.25, 0.3) is 10.6 Å². The van der Waals surface area contributed by atoms with E-state index >= 15 is 0 Å². The number of hydrogen-bond donors (Lipinski definition) is 0. The lowest BCUT2D eigenvalue weighted by molar-refractivity contribution is 0.101. The number of nitrogens with zero attached hydrogens (tertiary/aromatic N) is 2. The zero-order valence-corrected chi connectivity index (χ0v) is 18.3. The van der Waals surface area contributed by atoms with E-state index in [1.807, 2.05) is 6.92 Å². The minimum absolute atomic E-state index is 0.0734. The van der Waals surface area contributed by atoms with Gasteiger partial charge in [-0.15, -0.1) is 22.7 Å². The average Bonchev–Trinajstić information content (AvgIpc) is 3.25. The molecule has 0 amide bonds. The maximum atomic E-state index is 12.3. The van der Waals surface area contributed by atoms with Gasteiger partial charge >= 0.3 is 0 Å². The summed E-state index contributed by atoms with van der Waals surface area (Å²) in [6.45, 7) is 4.83. The van der Waals surface area contributed by atoms with Crippen molar-refractivity contribution in [2.45, 2.75) is 31.7 Å². The smallest absolute Gasteiger partial charge is 0.177 e. The standard InChI is InChI=1S/C20H20N2O3S3/c1-12(23)14-4-5-20(28(3,24)25)17(8-14)22-7-6-18-15(10-22)9-19(27-18)16-11-26-13(2)21-16/h4-5,8-9,11H,6-7,10H2,1-3H3. The molecule has 3 aromatic rings. The zero-order valence-electron chi connectivity index (χ0n) is 15.9. The predicted octanol–water partition coefficient (Wildman–Crippen LogP) is 4.35. The van der Waals surface area contributed by atoms with Gasteiger partial charge in [-0.25, -0.2) is 13.4 Å². The second kappa shape index (κ2) is 7.09. The average molecular weight is 433 g/mol. The van der Waals surface area contributed by atoms with Crippen LogP contribution >= 0.6 is 22.7 Å². The van der Waals surface area contributed by atoms with E-state index in [2.05, 4.69) is 21.3 Å². The Morgan fingerprint density at radius 2 is 2.04 bits per heavy atom. The largest absolute Gasteiger partial charge is 0.366 e. The molecule has 4 rings (SSSR count). The third kappa shape index (κ3) is 3.64. The Morgan fingerprint density at radius 1 is 1.25 bits per heavy atom. The lowest BCUT2D eigenvalue weighted by atomic mass is 10.1. The van der Waals surface area contributed by atoms with Gasteiger partial charge in [0.15, 0.2) is 15.6 Å². The summed E-state index contributed by atoms with van der Waals surface area (Å²) in [5.41, 5.74) is 3.34. The van der Waals surface area contributed by atoms with Crippen LogP contribution in [0.2, 0.25) is 0 Å². The van der Waals surface area contributed by atoms with Gasteiger partial charge in [0.05, 0.1) is 26.2 Å². The summed E-state index contributed by atoms with van der Waals surface area (Å²) < 4.78 is 24.6. The van der Waals surface area contributed by atoms with Gasteiger partial charge in [-0.05, 0) is 50.1 Å². The number of hydrogen-bond acceptors (Lipinski definition) is 7. The molecular formula is C20H20N2O3S3. The molecule has 8 heteroatoms. The summed E-state index contributed by atoms with van der Waals surface area (Å²) >= 11 is 3.40. The van der Waals surface area contributed by atoms with Gasteiger partial charge in [0.2, 0.25) is 0 Å². The van der Waals surface area contributed by atoms with E-state index in [1.54, 1.807) is 40.9 Å². The van der Waals surface area contributed by atoms with E-state index in [1.165, 1.54) is 23.6 Å². The molecule has 0 unspecified atom stereocenters. The Balaban J connectivity index is 1.72. The van der Waals surface area contributed by atoms with Crippen molar-refractivity contribution in [2.75, 3.05) is 17.7 Å². The van der Waals surface area contributed by atoms with Crippen molar-refractivity contribution in [1.29, 1.82) is 0 Å². The normalized spacial score (nSPS) is 14.2. The van der Waals surface area contributed by atoms with Gasteiger partial charge in [0.1, 0.15) is 0 Å². The van der Waals surface area contributed by atoms with Crippen LogP contribution in [0.1, 0.15) is 32.7 Å². The Labute approximate surface area is 172 Å². The summed E-state index contributed by atoms with van der Waals surface area (Å²) in [4.78, 5) is 21.2. The second-order valence-electron chi connectivity index (χ2n) is 6.99. The van der Waals surface area contributed by atoms with Crippen molar-refractivity contribution in [3.63, 3.8) is 0 Å². The highest BCUT2D eigenvalue weighted by molar-refractivity contribution is 7.90. The van der Waals surface area contributed by atoms with E-state index in [4.69, 9.17) is 0 Å². The number of Topliss-reactive ketones (excluding diaryl/α,β-unsaturated/α-hetero) is 1. The van der Waals surface area contributed by atoms with Gasteiger partial charge in [0, 0.05) is 35.2 Å². The first-order valence-electron chi connectivity index (χ1n) is 8.86. The Hall–Kier alpha value is -2.03. The molecule has 1 aliphatic heterocycles. The van der Waals surface area contributed by atoms with Gasteiger partial charge < -0.3 is 4.90 Å². The third-order valence-corrected chi connectivity index (χ3v) is 8.02. The van der Waals surface area contributed by atoms with E-state index in [0.717, 1.165) is 22.0 Å². The SMILES string of the molecule is CC(=O)c1ccc(S(C)(=O)=O)c(N2CCc3sc(-c4csc(C)n4)cc3C2)c1. The van der Waals surface area contributed by atoms with Crippen LogP contribution in [-0.2, 0) is 22.8 Å². The Kier molecular flexibility index (Phi) is 4.89. The molecule has 0 fully saturated rings. The molecule has 0 spiro atoms. The number of rotatable bonds is 4. The number of aryl methyl sites for hydroxylation is 1. The molecule has 3 heterocycles. The fourth-order valence-electron chi connectivity index (χ4n) is 3.44. The van der Waals surface area contributed by atoms with Crippen molar-refractivity contribution in [3.8, 4) is 10.6 Å². The van der Waals surface area contributed by atoms with Gasteiger partial charge in [-0.1, -0.05) is 0 Å². The maximum absolute atomic E-state index is 12.3. The summed E-state index contributed by atoms with van der Waals surface area (Å²) in [6, 6.07) is 7.01. The number of carbonyl (C=O) groups is 1. The zero-order chi connectivity index (χ0) is 20.1. The summed E-state index contributed by atoms with van der Waals surface area (Å²) in [7, 11) is -3.40. The first-order chi connectivity index (χ1) is 13.2. The molecule has 0 aliphatic carbocycles. The molecule has 0 saturated heterocycles. The number of fused-ring (bicyclic) bond motifs is 1. The van der Waals surface area contributed by atoms with Crippen molar-refractivity contribution in [1.82, 2.24) is 4.98 Å². The molecule has 5 nitrogen and oxygen atoms in total. The van der Waals surface area contributed by atoms with Crippen molar-refractivity contribution in [2.24, 2.45) is 0 Å². The topological polar surface area (TPSA) is 67.3 Å². The number of thiazole rings is 1. The molecule has 28 heavy (non-hydrogen) atoms. The highest BCUT2D eigenvalue weighted by Gasteiger charge is 2.25. The van der Waals surface area contributed by atoms with Crippen LogP contribution in [0.4, 0.5) is 5.69 Å². The molecule has 2 aromatic heterocycles. The first-order valence-corrected chi connectivity index (χ1v) is 12.4. The van der Waals surface area contributed by atoms with Crippen molar-refractivity contribution in [3.05, 3.63) is 50.7 Å². The van der Waals surface area contributed by atoms with Gasteiger partial charge in [-0.2, -0.15) is 0 Å². The number of thiophene rings is 1. The van der Waals surface area contributed by atoms with E-state index in [-0.39, 0.29) is 10.7 Å². The molecule has 146 valence electrons. The molecular weight excluding hydrogens is 412 g/mol. The van der Waals surface area contributed by atoms with Crippen LogP contribution < -0.4 is 4.90 Å². The van der Waals surface area contributed by atoms with E-state index in [9.17, 15) is 13.2 Å². The highest BCUT2D eigenvalue weighted by atomic mass is 32.2. The summed E-state index contributed by atoms with van der Waals surface area (Å²) in [6.07, 6.45) is 2.05. The van der Waals surface area contributed by atoms with Gasteiger partial charge in [0.25, 0.3) is 0 Å². The van der Waals surface area contributed by atoms with E-state index < -0.39 is 9.84 Å². The fraction of sp³-hybridized carbons (Fsp3) is 0.300. The quantitative estimate of drug-likeness (QED) is 0.574. The van der Waals surface area contributed by atoms with Crippen LogP contribution in [0.15, 0.2) is 34.5 Å². The van der Waals surface area contributed by atoms with Crippen LogP contribution in [0.5, 0.6) is 0 Å². The molecule has 0 N–H and O–H groups in total. The minimum atomic E-state index is -3.40. The van der Waals surface area contributed by atoms with Crippen LogP contribution in [0, 0.1) is 6.92 Å². The summed E-state index contributed by atoms with van der Waals surface area (Å²) in [5, 5.41) is 3.12. The molecule has 1 aromatic carbocycles. The van der Waals surface area contributed by atoms with E-state index in [0.29, 0.717) is 24.3 Å². The first kappa shape index (κ1) is 19.3.